The molecule has 2 aliphatic rings. The number of rotatable bonds is 2. The molecule has 0 aliphatic carbocycles. The molecule has 5 nitrogen and oxygen atoms in total. The first-order valence-electron chi connectivity index (χ1n) is 7.27. The van der Waals surface area contributed by atoms with Crippen molar-refractivity contribution < 1.29 is 14.3 Å². The van der Waals surface area contributed by atoms with Crippen molar-refractivity contribution in [3.05, 3.63) is 29.8 Å². The van der Waals surface area contributed by atoms with Gasteiger partial charge in [0.05, 0.1) is 0 Å². The number of amides is 1. The molecule has 0 bridgehead atoms. The van der Waals surface area contributed by atoms with Crippen LogP contribution in [0.4, 0.5) is 0 Å². The molecule has 112 valence electrons. The van der Waals surface area contributed by atoms with E-state index in [2.05, 4.69) is 11.9 Å². The molecule has 0 atom stereocenters. The normalized spacial score (nSPS) is 19.0. The zero-order chi connectivity index (χ0) is 14.7. The fourth-order valence-electron chi connectivity index (χ4n) is 2.56. The molecule has 0 spiro atoms. The van der Waals surface area contributed by atoms with Gasteiger partial charge in [0.1, 0.15) is 0 Å². The molecule has 0 N–H and O–H groups in total. The SMILES string of the molecule is CN1CCCN(C(=O)/C=C/c2ccc3c(c2)OCO3)CC1. The van der Waals surface area contributed by atoms with Crippen molar-refractivity contribution >= 4 is 12.0 Å². The highest BCUT2D eigenvalue weighted by atomic mass is 16.7. The van der Waals surface area contributed by atoms with Crippen molar-refractivity contribution in [1.82, 2.24) is 9.80 Å². The van der Waals surface area contributed by atoms with Gasteiger partial charge in [-0.3, -0.25) is 4.79 Å². The summed E-state index contributed by atoms with van der Waals surface area (Å²) < 4.78 is 10.6. The Labute approximate surface area is 124 Å². The molecule has 0 unspecified atom stereocenters. The van der Waals surface area contributed by atoms with Crippen LogP contribution in [0.5, 0.6) is 11.5 Å². The summed E-state index contributed by atoms with van der Waals surface area (Å²) in [4.78, 5) is 16.4. The lowest BCUT2D eigenvalue weighted by atomic mass is 10.2. The summed E-state index contributed by atoms with van der Waals surface area (Å²) in [5.41, 5.74) is 0.944. The van der Waals surface area contributed by atoms with E-state index < -0.39 is 0 Å². The van der Waals surface area contributed by atoms with Crippen molar-refractivity contribution in [2.24, 2.45) is 0 Å². The van der Waals surface area contributed by atoms with E-state index in [0.29, 0.717) is 0 Å². The van der Waals surface area contributed by atoms with Gasteiger partial charge < -0.3 is 19.3 Å². The predicted octanol–water partition coefficient (Wildman–Crippen LogP) is 1.59. The minimum Gasteiger partial charge on any atom is -0.454 e. The third-order valence-corrected chi connectivity index (χ3v) is 3.85. The molecular formula is C16H20N2O3. The van der Waals surface area contributed by atoms with Crippen LogP contribution in [0, 0.1) is 0 Å². The Morgan fingerprint density at radius 1 is 1.14 bits per heavy atom. The Balaban J connectivity index is 1.63. The van der Waals surface area contributed by atoms with E-state index in [1.165, 1.54) is 0 Å². The molecule has 1 fully saturated rings. The van der Waals surface area contributed by atoms with Gasteiger partial charge in [0.2, 0.25) is 12.7 Å². The van der Waals surface area contributed by atoms with E-state index in [9.17, 15) is 4.79 Å². The van der Waals surface area contributed by atoms with Crippen LogP contribution in [0.1, 0.15) is 12.0 Å². The van der Waals surface area contributed by atoms with Crippen LogP contribution < -0.4 is 9.47 Å². The maximum atomic E-state index is 12.2. The molecule has 2 heterocycles. The van der Waals surface area contributed by atoms with Crippen molar-refractivity contribution in [3.8, 4) is 11.5 Å². The van der Waals surface area contributed by atoms with E-state index in [0.717, 1.165) is 49.7 Å². The summed E-state index contributed by atoms with van der Waals surface area (Å²) >= 11 is 0. The third-order valence-electron chi connectivity index (χ3n) is 3.85. The Morgan fingerprint density at radius 2 is 2.00 bits per heavy atom. The highest BCUT2D eigenvalue weighted by molar-refractivity contribution is 5.91. The zero-order valence-electron chi connectivity index (χ0n) is 12.2. The monoisotopic (exact) mass is 288 g/mol. The van der Waals surface area contributed by atoms with Gasteiger partial charge in [-0.1, -0.05) is 6.07 Å². The maximum absolute atomic E-state index is 12.2. The Morgan fingerprint density at radius 3 is 2.90 bits per heavy atom. The number of likely N-dealkylation sites (N-methyl/N-ethyl adjacent to an activating group) is 1. The van der Waals surface area contributed by atoms with Crippen LogP contribution >= 0.6 is 0 Å². The second kappa shape index (κ2) is 6.18. The number of ether oxygens (including phenoxy) is 2. The second-order valence-electron chi connectivity index (χ2n) is 5.43. The van der Waals surface area contributed by atoms with Gasteiger partial charge in [-0.25, -0.2) is 0 Å². The predicted molar refractivity (Wildman–Crippen MR) is 80.3 cm³/mol. The molecule has 0 aromatic heterocycles. The number of nitrogens with zero attached hydrogens (tertiary/aromatic N) is 2. The molecule has 0 saturated carbocycles. The van der Waals surface area contributed by atoms with Gasteiger partial charge in [0.25, 0.3) is 0 Å². The largest absolute Gasteiger partial charge is 0.454 e. The van der Waals surface area contributed by atoms with Crippen LogP contribution in [0.3, 0.4) is 0 Å². The average Bonchev–Trinajstić information content (AvgIpc) is 2.85. The third kappa shape index (κ3) is 3.36. The highest BCUT2D eigenvalue weighted by Crippen LogP contribution is 2.32. The van der Waals surface area contributed by atoms with E-state index in [4.69, 9.17) is 9.47 Å². The first kappa shape index (κ1) is 13.9. The van der Waals surface area contributed by atoms with Gasteiger partial charge in [-0.2, -0.15) is 0 Å². The number of fused-ring (bicyclic) bond motifs is 1. The van der Waals surface area contributed by atoms with Crippen LogP contribution in [0.25, 0.3) is 6.08 Å². The lowest BCUT2D eigenvalue weighted by molar-refractivity contribution is -0.125. The number of benzene rings is 1. The summed E-state index contributed by atoms with van der Waals surface area (Å²) in [6.07, 6.45) is 4.50. The Bertz CT molecular complexity index is 556. The lowest BCUT2D eigenvalue weighted by Crippen LogP contribution is -2.33. The smallest absolute Gasteiger partial charge is 0.246 e. The van der Waals surface area contributed by atoms with Gasteiger partial charge in [-0.15, -0.1) is 0 Å². The molecule has 1 saturated heterocycles. The Kier molecular flexibility index (Phi) is 4.10. The molecular weight excluding hydrogens is 268 g/mol. The molecule has 2 aliphatic heterocycles. The summed E-state index contributed by atoms with van der Waals surface area (Å²) in [6.45, 7) is 3.87. The molecule has 3 rings (SSSR count). The first-order valence-corrected chi connectivity index (χ1v) is 7.27. The minimum atomic E-state index is 0.0722. The summed E-state index contributed by atoms with van der Waals surface area (Å²) in [6, 6.07) is 5.68. The molecule has 0 radical (unpaired) electrons. The average molecular weight is 288 g/mol. The van der Waals surface area contributed by atoms with E-state index in [1.54, 1.807) is 6.08 Å². The number of carbonyl (C=O) groups excluding carboxylic acids is 1. The van der Waals surface area contributed by atoms with Crippen LogP contribution in [-0.2, 0) is 4.79 Å². The highest BCUT2D eigenvalue weighted by Gasteiger charge is 2.16. The van der Waals surface area contributed by atoms with Crippen molar-refractivity contribution in [2.75, 3.05) is 40.0 Å². The van der Waals surface area contributed by atoms with E-state index >= 15 is 0 Å². The molecule has 1 aromatic rings. The van der Waals surface area contributed by atoms with Gasteiger partial charge in [-0.05, 0) is 43.8 Å². The van der Waals surface area contributed by atoms with Crippen LogP contribution in [0.15, 0.2) is 24.3 Å². The van der Waals surface area contributed by atoms with E-state index in [-0.39, 0.29) is 12.7 Å². The van der Waals surface area contributed by atoms with Crippen molar-refractivity contribution in [3.63, 3.8) is 0 Å². The fourth-order valence-corrected chi connectivity index (χ4v) is 2.56. The second-order valence-corrected chi connectivity index (χ2v) is 5.43. The number of hydrogen-bond acceptors (Lipinski definition) is 4. The van der Waals surface area contributed by atoms with Crippen LogP contribution in [0.2, 0.25) is 0 Å². The number of carbonyl (C=O) groups is 1. The minimum absolute atomic E-state index is 0.0722. The topological polar surface area (TPSA) is 42.0 Å². The molecule has 1 amide bonds. The van der Waals surface area contributed by atoms with Gasteiger partial charge in [0.15, 0.2) is 11.5 Å². The lowest BCUT2D eigenvalue weighted by Gasteiger charge is -2.18. The van der Waals surface area contributed by atoms with Gasteiger partial charge >= 0.3 is 0 Å². The summed E-state index contributed by atoms with van der Waals surface area (Å²) in [7, 11) is 2.09. The molecule has 5 heteroatoms. The van der Waals surface area contributed by atoms with E-state index in [1.807, 2.05) is 29.2 Å². The number of hydrogen-bond donors (Lipinski definition) is 0. The summed E-state index contributed by atoms with van der Waals surface area (Å²) in [5.74, 6) is 1.57. The maximum Gasteiger partial charge on any atom is 0.246 e. The van der Waals surface area contributed by atoms with Crippen molar-refractivity contribution in [1.29, 1.82) is 0 Å². The van der Waals surface area contributed by atoms with Crippen molar-refractivity contribution in [2.45, 2.75) is 6.42 Å². The quantitative estimate of drug-likeness (QED) is 0.775. The van der Waals surface area contributed by atoms with Gasteiger partial charge in [0, 0.05) is 25.7 Å². The zero-order valence-corrected chi connectivity index (χ0v) is 12.2. The molecule has 21 heavy (non-hydrogen) atoms. The summed E-state index contributed by atoms with van der Waals surface area (Å²) in [5, 5.41) is 0. The van der Waals surface area contributed by atoms with Crippen LogP contribution in [-0.4, -0.2) is 55.7 Å². The Hall–Kier alpha value is -2.01. The standard InChI is InChI=1S/C16H20N2O3/c1-17-7-2-8-18(10-9-17)16(19)6-4-13-3-5-14-15(11-13)21-12-20-14/h3-6,11H,2,7-10,12H2,1H3/b6-4+. The first-order chi connectivity index (χ1) is 10.2. The molecule has 1 aromatic carbocycles. The fraction of sp³-hybridized carbons (Fsp3) is 0.438.